The highest BCUT2D eigenvalue weighted by molar-refractivity contribution is 5.97. The molecule has 1 saturated carbocycles. The van der Waals surface area contributed by atoms with Crippen LogP contribution >= 0.6 is 0 Å². The van der Waals surface area contributed by atoms with Gasteiger partial charge >= 0.3 is 0 Å². The molecule has 2 aliphatic rings. The molecule has 0 radical (unpaired) electrons. The van der Waals surface area contributed by atoms with Crippen LogP contribution in [0.4, 0.5) is 0 Å². The van der Waals surface area contributed by atoms with E-state index in [1.165, 1.54) is 0 Å². The predicted octanol–water partition coefficient (Wildman–Crippen LogP) is 1.44. The van der Waals surface area contributed by atoms with Gasteiger partial charge in [0.1, 0.15) is 5.69 Å². The molecule has 0 atom stereocenters. The van der Waals surface area contributed by atoms with E-state index in [0.29, 0.717) is 18.1 Å². The van der Waals surface area contributed by atoms with Crippen LogP contribution in [-0.4, -0.2) is 32.4 Å². The van der Waals surface area contributed by atoms with Crippen molar-refractivity contribution >= 4 is 11.8 Å². The smallest absolute Gasteiger partial charge is 0.287 e. The van der Waals surface area contributed by atoms with Crippen LogP contribution in [0.25, 0.3) is 0 Å². The fraction of sp³-hybridized carbons (Fsp3) is 0.444. The molecule has 4 rings (SSSR count). The molecule has 0 spiro atoms. The van der Waals surface area contributed by atoms with Crippen molar-refractivity contribution in [2.75, 3.05) is 0 Å². The summed E-state index contributed by atoms with van der Waals surface area (Å²) in [5.41, 5.74) is 2.18. The molecule has 2 N–H and O–H groups in total. The summed E-state index contributed by atoms with van der Waals surface area (Å²) < 4.78 is 1.92. The zero-order valence-corrected chi connectivity index (χ0v) is 14.0. The third-order valence-corrected chi connectivity index (χ3v) is 4.62. The molecule has 2 aromatic rings. The number of fused-ring (bicyclic) bond motifs is 1. The van der Waals surface area contributed by atoms with Gasteiger partial charge in [0.25, 0.3) is 11.8 Å². The Hall–Kier alpha value is -2.70. The van der Waals surface area contributed by atoms with Crippen LogP contribution in [-0.2, 0) is 19.5 Å². The van der Waals surface area contributed by atoms with Gasteiger partial charge in [-0.15, -0.1) is 0 Å². The van der Waals surface area contributed by atoms with Crippen molar-refractivity contribution in [2.24, 2.45) is 0 Å². The van der Waals surface area contributed by atoms with Gasteiger partial charge in [-0.25, -0.2) is 4.98 Å². The summed E-state index contributed by atoms with van der Waals surface area (Å²) in [7, 11) is 0. The summed E-state index contributed by atoms with van der Waals surface area (Å²) in [5, 5.41) is 5.85. The van der Waals surface area contributed by atoms with Crippen molar-refractivity contribution in [2.45, 2.75) is 51.2 Å². The number of hydrogen-bond acceptors (Lipinski definition) is 4. The zero-order valence-electron chi connectivity index (χ0n) is 14.0. The second-order valence-corrected chi connectivity index (χ2v) is 6.63. The lowest BCUT2D eigenvalue weighted by molar-refractivity contribution is 0.0935. The molecule has 2 aromatic heterocycles. The molecule has 1 fully saturated rings. The molecular formula is C18H21N5O2. The number of carbonyl (C=O) groups excluding carboxylic acids is 2. The van der Waals surface area contributed by atoms with Crippen LogP contribution < -0.4 is 10.6 Å². The first kappa shape index (κ1) is 15.8. The average molecular weight is 339 g/mol. The van der Waals surface area contributed by atoms with Crippen LogP contribution in [0.3, 0.4) is 0 Å². The maximum Gasteiger partial charge on any atom is 0.287 e. The molecule has 0 unspecified atom stereocenters. The van der Waals surface area contributed by atoms with Crippen molar-refractivity contribution in [3.63, 3.8) is 0 Å². The van der Waals surface area contributed by atoms with Gasteiger partial charge < -0.3 is 15.2 Å². The highest BCUT2D eigenvalue weighted by atomic mass is 16.2. The first-order valence-electron chi connectivity index (χ1n) is 8.80. The summed E-state index contributed by atoms with van der Waals surface area (Å²) >= 11 is 0. The normalized spacial score (nSPS) is 16.2. The maximum absolute atomic E-state index is 12.6. The standard InChI is InChI=1S/C18H21N5O2/c24-17(20-11-12-4-3-8-19-10-12)15-14-5-1-2-9-23(14)16(22-15)18(25)21-13-6-7-13/h3-4,8,10,13H,1-2,5-7,9,11H2,(H,20,24)(H,21,25). The van der Waals surface area contributed by atoms with Crippen LogP contribution in [0.2, 0.25) is 0 Å². The number of hydrogen-bond donors (Lipinski definition) is 2. The number of carbonyl (C=O) groups is 2. The lowest BCUT2D eigenvalue weighted by Gasteiger charge is -2.17. The quantitative estimate of drug-likeness (QED) is 0.862. The molecular weight excluding hydrogens is 318 g/mol. The van der Waals surface area contributed by atoms with Gasteiger partial charge in [-0.1, -0.05) is 6.07 Å². The van der Waals surface area contributed by atoms with Gasteiger partial charge in [0, 0.05) is 31.5 Å². The van der Waals surface area contributed by atoms with E-state index in [1.54, 1.807) is 12.4 Å². The van der Waals surface area contributed by atoms with Gasteiger partial charge in [0.2, 0.25) is 0 Å². The Kier molecular flexibility index (Phi) is 4.21. The molecule has 0 aromatic carbocycles. The summed E-state index contributed by atoms with van der Waals surface area (Å²) in [6.45, 7) is 1.13. The second kappa shape index (κ2) is 6.66. The molecule has 7 nitrogen and oxygen atoms in total. The van der Waals surface area contributed by atoms with Crippen molar-refractivity contribution in [3.05, 3.63) is 47.3 Å². The number of pyridine rings is 1. The Morgan fingerprint density at radius 1 is 1.24 bits per heavy atom. The first-order chi connectivity index (χ1) is 12.2. The lowest BCUT2D eigenvalue weighted by Crippen LogP contribution is -2.29. The van der Waals surface area contributed by atoms with Gasteiger partial charge in [0.15, 0.2) is 5.82 Å². The third-order valence-electron chi connectivity index (χ3n) is 4.62. The molecule has 3 heterocycles. The molecule has 1 aliphatic heterocycles. The van der Waals surface area contributed by atoms with E-state index in [9.17, 15) is 9.59 Å². The van der Waals surface area contributed by atoms with E-state index in [-0.39, 0.29) is 17.9 Å². The Morgan fingerprint density at radius 2 is 2.12 bits per heavy atom. The average Bonchev–Trinajstić information content (AvgIpc) is 3.37. The first-order valence-corrected chi connectivity index (χ1v) is 8.80. The number of aromatic nitrogens is 3. The fourth-order valence-electron chi connectivity index (χ4n) is 3.14. The van der Waals surface area contributed by atoms with E-state index in [0.717, 1.165) is 49.9 Å². The van der Waals surface area contributed by atoms with Gasteiger partial charge in [-0.3, -0.25) is 14.6 Å². The molecule has 130 valence electrons. The van der Waals surface area contributed by atoms with Gasteiger partial charge in [-0.2, -0.15) is 0 Å². The number of nitrogens with zero attached hydrogens (tertiary/aromatic N) is 3. The van der Waals surface area contributed by atoms with Crippen LogP contribution in [0.5, 0.6) is 0 Å². The molecule has 0 saturated heterocycles. The third kappa shape index (κ3) is 3.40. The van der Waals surface area contributed by atoms with Crippen LogP contribution in [0.1, 0.15) is 58.0 Å². The zero-order chi connectivity index (χ0) is 17.2. The van der Waals surface area contributed by atoms with Crippen molar-refractivity contribution in [3.8, 4) is 0 Å². The van der Waals surface area contributed by atoms with Gasteiger partial charge in [-0.05, 0) is 43.7 Å². The molecule has 2 amide bonds. The summed E-state index contributed by atoms with van der Waals surface area (Å²) in [5.74, 6) is -0.0370. The Bertz CT molecular complexity index is 795. The highest BCUT2D eigenvalue weighted by Crippen LogP contribution is 2.23. The summed E-state index contributed by atoms with van der Waals surface area (Å²) in [4.78, 5) is 33.5. The predicted molar refractivity (Wildman–Crippen MR) is 91.1 cm³/mol. The number of amides is 2. The van der Waals surface area contributed by atoms with Gasteiger partial charge in [0.05, 0.1) is 5.69 Å². The van der Waals surface area contributed by atoms with Crippen LogP contribution in [0.15, 0.2) is 24.5 Å². The highest BCUT2D eigenvalue weighted by Gasteiger charge is 2.30. The number of rotatable bonds is 5. The van der Waals surface area contributed by atoms with Crippen molar-refractivity contribution in [1.82, 2.24) is 25.2 Å². The second-order valence-electron chi connectivity index (χ2n) is 6.63. The molecule has 1 aliphatic carbocycles. The number of nitrogens with one attached hydrogen (secondary N) is 2. The maximum atomic E-state index is 12.6. The SMILES string of the molecule is O=C(NCc1cccnc1)c1nc(C(=O)NC2CC2)n2c1CCCC2. The number of imidazole rings is 1. The Labute approximate surface area is 145 Å². The molecule has 7 heteroatoms. The van der Waals surface area contributed by atoms with Crippen molar-refractivity contribution in [1.29, 1.82) is 0 Å². The largest absolute Gasteiger partial charge is 0.347 e. The van der Waals surface area contributed by atoms with E-state index >= 15 is 0 Å². The molecule has 0 bridgehead atoms. The van der Waals surface area contributed by atoms with Crippen molar-refractivity contribution < 1.29 is 9.59 Å². The van der Waals surface area contributed by atoms with E-state index in [1.807, 2.05) is 16.7 Å². The minimum absolute atomic E-state index is 0.169. The van der Waals surface area contributed by atoms with E-state index in [4.69, 9.17) is 0 Å². The molecule has 25 heavy (non-hydrogen) atoms. The van der Waals surface area contributed by atoms with E-state index in [2.05, 4.69) is 20.6 Å². The Morgan fingerprint density at radius 3 is 2.88 bits per heavy atom. The monoisotopic (exact) mass is 339 g/mol. The Balaban J connectivity index is 1.54. The van der Waals surface area contributed by atoms with Crippen LogP contribution in [0, 0.1) is 0 Å². The minimum Gasteiger partial charge on any atom is -0.347 e. The summed E-state index contributed by atoms with van der Waals surface area (Å²) in [6.07, 6.45) is 8.26. The minimum atomic E-state index is -0.236. The van der Waals surface area contributed by atoms with E-state index < -0.39 is 0 Å². The topological polar surface area (TPSA) is 88.9 Å². The fourth-order valence-corrected chi connectivity index (χ4v) is 3.14. The lowest BCUT2D eigenvalue weighted by atomic mass is 10.1. The summed E-state index contributed by atoms with van der Waals surface area (Å²) in [6, 6.07) is 4.01.